The quantitative estimate of drug-likeness (QED) is 0.172. The van der Waals surface area contributed by atoms with Crippen LogP contribution in [0.5, 0.6) is 5.75 Å². The Morgan fingerprint density at radius 2 is 1.87 bits per heavy atom. The molecule has 0 radical (unpaired) electrons. The van der Waals surface area contributed by atoms with Crippen molar-refractivity contribution in [1.29, 1.82) is 0 Å². The number of alkyl halides is 3. The Morgan fingerprint density at radius 3 is 2.56 bits per heavy atom. The summed E-state index contributed by atoms with van der Waals surface area (Å²) in [5, 5.41) is 0. The summed E-state index contributed by atoms with van der Waals surface area (Å²) in [7, 11) is 0. The van der Waals surface area contributed by atoms with Crippen LogP contribution in [0.4, 0.5) is 13.2 Å². The van der Waals surface area contributed by atoms with Crippen molar-refractivity contribution in [2.45, 2.75) is 83.4 Å². The van der Waals surface area contributed by atoms with Gasteiger partial charge in [-0.3, -0.25) is 4.79 Å². The first-order valence-corrected chi connectivity index (χ1v) is 13.8. The van der Waals surface area contributed by atoms with Crippen molar-refractivity contribution in [2.24, 2.45) is 5.92 Å². The number of para-hydroxylation sites is 1. The summed E-state index contributed by atoms with van der Waals surface area (Å²) < 4.78 is 59.9. The number of aromatic nitrogens is 2. The molecule has 1 saturated carbocycles. The number of hydrogen-bond donors (Lipinski definition) is 0. The zero-order chi connectivity index (χ0) is 27.8. The number of imidazole rings is 1. The van der Waals surface area contributed by atoms with Crippen LogP contribution in [0.15, 0.2) is 53.3 Å². The molecule has 4 rings (SSSR count). The van der Waals surface area contributed by atoms with Crippen LogP contribution in [0, 0.1) is 5.92 Å². The molecule has 0 amide bonds. The van der Waals surface area contributed by atoms with Crippen molar-refractivity contribution < 1.29 is 31.9 Å². The van der Waals surface area contributed by atoms with Gasteiger partial charge in [0.15, 0.2) is 0 Å². The summed E-state index contributed by atoms with van der Waals surface area (Å²) in [6.07, 6.45) is 3.17. The SMILES string of the molecule is CCOC(=O)C[C@H](C)CCCOc1ccccc1Cn1c(C(F)(F)F)cnc1C1CCC(c2ccco2)CC1. The number of ether oxygens (including phenoxy) is 2. The van der Waals surface area contributed by atoms with Gasteiger partial charge in [-0.1, -0.05) is 25.1 Å². The molecule has 1 atom stereocenters. The second kappa shape index (κ2) is 13.2. The third-order valence-electron chi connectivity index (χ3n) is 7.44. The van der Waals surface area contributed by atoms with Crippen LogP contribution in [0.3, 0.4) is 0 Å². The Hall–Kier alpha value is -3.23. The summed E-state index contributed by atoms with van der Waals surface area (Å²) >= 11 is 0. The number of furan rings is 1. The molecular formula is C30H37F3N2O4. The standard InChI is InChI=1S/C30H37F3N2O4/c1-3-37-28(36)18-21(2)8-6-16-39-26-10-5-4-9-24(26)20-35-27(30(31,32)33)19-34-29(35)23-14-12-22(13-15-23)25-11-7-17-38-25/h4-5,7,9-11,17,19,21-23H,3,6,8,12-16,18,20H2,1-2H3/t21-,22?,23?/m1/s1. The molecule has 0 unspecified atom stereocenters. The van der Waals surface area contributed by atoms with Crippen LogP contribution < -0.4 is 4.74 Å². The van der Waals surface area contributed by atoms with Gasteiger partial charge in [-0.05, 0) is 69.6 Å². The summed E-state index contributed by atoms with van der Waals surface area (Å²) in [6, 6.07) is 11.0. The molecule has 212 valence electrons. The molecule has 1 aliphatic rings. The highest BCUT2D eigenvalue weighted by atomic mass is 19.4. The fraction of sp³-hybridized carbons (Fsp3) is 0.533. The Morgan fingerprint density at radius 1 is 1.13 bits per heavy atom. The van der Waals surface area contributed by atoms with E-state index >= 15 is 0 Å². The van der Waals surface area contributed by atoms with E-state index in [0.717, 1.165) is 50.5 Å². The zero-order valence-corrected chi connectivity index (χ0v) is 22.6. The average molecular weight is 547 g/mol. The minimum Gasteiger partial charge on any atom is -0.493 e. The highest BCUT2D eigenvalue weighted by Crippen LogP contribution is 2.42. The largest absolute Gasteiger partial charge is 0.493 e. The number of rotatable bonds is 12. The average Bonchev–Trinajstić information content (AvgIpc) is 3.58. The van der Waals surface area contributed by atoms with E-state index in [1.54, 1.807) is 25.3 Å². The van der Waals surface area contributed by atoms with Crippen LogP contribution in [0.1, 0.15) is 93.5 Å². The van der Waals surface area contributed by atoms with Gasteiger partial charge in [0.05, 0.1) is 32.2 Å². The van der Waals surface area contributed by atoms with Crippen molar-refractivity contribution in [3.8, 4) is 5.75 Å². The Bertz CT molecular complexity index is 1180. The predicted octanol–water partition coefficient (Wildman–Crippen LogP) is 7.73. The molecule has 1 aliphatic carbocycles. The van der Waals surface area contributed by atoms with Crippen LogP contribution in [0.2, 0.25) is 0 Å². The lowest BCUT2D eigenvalue weighted by Gasteiger charge is -2.28. The van der Waals surface area contributed by atoms with Crippen LogP contribution in [-0.2, 0) is 22.3 Å². The number of benzene rings is 1. The molecule has 0 aliphatic heterocycles. The zero-order valence-electron chi connectivity index (χ0n) is 22.6. The second-order valence-corrected chi connectivity index (χ2v) is 10.4. The van der Waals surface area contributed by atoms with Gasteiger partial charge in [0, 0.05) is 23.8 Å². The summed E-state index contributed by atoms with van der Waals surface area (Å²) in [5.41, 5.74) is -0.0701. The molecule has 1 aromatic carbocycles. The van der Waals surface area contributed by atoms with Crippen molar-refractivity contribution >= 4 is 5.97 Å². The van der Waals surface area contributed by atoms with E-state index in [1.165, 1.54) is 4.57 Å². The maximum absolute atomic E-state index is 14.0. The van der Waals surface area contributed by atoms with E-state index in [-0.39, 0.29) is 30.3 Å². The minimum absolute atomic E-state index is 0.0255. The van der Waals surface area contributed by atoms with Crippen molar-refractivity contribution in [3.05, 3.63) is 71.7 Å². The van der Waals surface area contributed by atoms with Gasteiger partial charge in [0.25, 0.3) is 0 Å². The normalized spacial score (nSPS) is 18.6. The van der Waals surface area contributed by atoms with E-state index in [2.05, 4.69) is 4.98 Å². The second-order valence-electron chi connectivity index (χ2n) is 10.4. The molecule has 0 spiro atoms. The maximum atomic E-state index is 14.0. The van der Waals surface area contributed by atoms with Gasteiger partial charge in [-0.25, -0.2) is 4.98 Å². The Labute approximate surface area is 227 Å². The first kappa shape index (κ1) is 28.8. The van der Waals surface area contributed by atoms with Crippen molar-refractivity contribution in [1.82, 2.24) is 9.55 Å². The van der Waals surface area contributed by atoms with Gasteiger partial charge >= 0.3 is 12.1 Å². The summed E-state index contributed by atoms with van der Waals surface area (Å²) in [6.45, 7) is 4.57. The van der Waals surface area contributed by atoms with Crippen LogP contribution in [0.25, 0.3) is 0 Å². The fourth-order valence-corrected chi connectivity index (χ4v) is 5.43. The third-order valence-corrected chi connectivity index (χ3v) is 7.44. The topological polar surface area (TPSA) is 66.5 Å². The van der Waals surface area contributed by atoms with Gasteiger partial charge in [0.2, 0.25) is 0 Å². The number of carbonyl (C=O) groups is 1. The van der Waals surface area contributed by atoms with Crippen LogP contribution in [-0.4, -0.2) is 28.7 Å². The van der Waals surface area contributed by atoms with Gasteiger partial charge in [-0.2, -0.15) is 13.2 Å². The van der Waals surface area contributed by atoms with Gasteiger partial charge in [0.1, 0.15) is 23.0 Å². The lowest BCUT2D eigenvalue weighted by atomic mass is 9.80. The van der Waals surface area contributed by atoms with E-state index in [9.17, 15) is 18.0 Å². The molecule has 9 heteroatoms. The first-order valence-electron chi connectivity index (χ1n) is 13.8. The number of nitrogens with zero attached hydrogens (tertiary/aromatic N) is 2. The van der Waals surface area contributed by atoms with Gasteiger partial charge in [-0.15, -0.1) is 0 Å². The molecule has 3 aromatic rings. The molecular weight excluding hydrogens is 509 g/mol. The number of esters is 1. The molecule has 0 N–H and O–H groups in total. The fourth-order valence-electron chi connectivity index (χ4n) is 5.43. The highest BCUT2D eigenvalue weighted by molar-refractivity contribution is 5.69. The van der Waals surface area contributed by atoms with Crippen LogP contribution >= 0.6 is 0 Å². The smallest absolute Gasteiger partial charge is 0.433 e. The van der Waals surface area contributed by atoms with E-state index in [1.807, 2.05) is 31.2 Å². The molecule has 2 heterocycles. The molecule has 0 bridgehead atoms. The van der Waals surface area contributed by atoms with Gasteiger partial charge < -0.3 is 18.5 Å². The number of hydrogen-bond acceptors (Lipinski definition) is 5. The summed E-state index contributed by atoms with van der Waals surface area (Å²) in [4.78, 5) is 16.0. The first-order chi connectivity index (χ1) is 18.8. The molecule has 0 saturated heterocycles. The highest BCUT2D eigenvalue weighted by Gasteiger charge is 2.38. The monoisotopic (exact) mass is 546 g/mol. The minimum atomic E-state index is -4.51. The van der Waals surface area contributed by atoms with E-state index in [0.29, 0.717) is 36.8 Å². The molecule has 39 heavy (non-hydrogen) atoms. The Kier molecular flexibility index (Phi) is 9.75. The maximum Gasteiger partial charge on any atom is 0.433 e. The van der Waals surface area contributed by atoms with E-state index < -0.39 is 11.9 Å². The lowest BCUT2D eigenvalue weighted by molar-refractivity contribution is -0.144. The number of carbonyl (C=O) groups excluding carboxylic acids is 1. The molecule has 6 nitrogen and oxygen atoms in total. The van der Waals surface area contributed by atoms with Crippen molar-refractivity contribution in [3.63, 3.8) is 0 Å². The Balaban J connectivity index is 1.43. The lowest BCUT2D eigenvalue weighted by Crippen LogP contribution is -2.20. The molecule has 1 fully saturated rings. The molecule has 2 aromatic heterocycles. The third kappa shape index (κ3) is 7.67. The predicted molar refractivity (Wildman–Crippen MR) is 141 cm³/mol. The summed E-state index contributed by atoms with van der Waals surface area (Å²) in [5.74, 6) is 2.16. The van der Waals surface area contributed by atoms with E-state index in [4.69, 9.17) is 13.9 Å². The number of halogens is 3. The van der Waals surface area contributed by atoms with Crippen molar-refractivity contribution in [2.75, 3.05) is 13.2 Å².